The highest BCUT2D eigenvalue weighted by atomic mass is 19.4. The van der Waals surface area contributed by atoms with Gasteiger partial charge in [-0.2, -0.15) is 13.2 Å². The van der Waals surface area contributed by atoms with E-state index in [2.05, 4.69) is 10.1 Å². The summed E-state index contributed by atoms with van der Waals surface area (Å²) in [5.41, 5.74) is 0.737. The molecule has 0 aliphatic carbocycles. The molecular weight excluding hydrogens is 259 g/mol. The van der Waals surface area contributed by atoms with Crippen LogP contribution in [-0.4, -0.2) is 31.0 Å². The molecule has 0 bridgehead atoms. The lowest BCUT2D eigenvalue weighted by molar-refractivity contribution is -0.173. The highest BCUT2D eigenvalue weighted by molar-refractivity contribution is 5.34. The van der Waals surface area contributed by atoms with Crippen LogP contribution in [0.2, 0.25) is 0 Å². The van der Waals surface area contributed by atoms with Crippen molar-refractivity contribution in [3.8, 4) is 5.75 Å². The van der Waals surface area contributed by atoms with Crippen LogP contribution in [0.4, 0.5) is 13.2 Å². The Bertz CT molecular complexity index is 382. The number of phenols is 1. The second-order valence-electron chi connectivity index (χ2n) is 4.14. The van der Waals surface area contributed by atoms with Gasteiger partial charge in [0.25, 0.3) is 0 Å². The molecule has 0 heterocycles. The van der Waals surface area contributed by atoms with Crippen molar-refractivity contribution in [1.29, 1.82) is 0 Å². The molecule has 0 fully saturated rings. The van der Waals surface area contributed by atoms with Crippen molar-refractivity contribution in [3.63, 3.8) is 0 Å². The van der Waals surface area contributed by atoms with Crippen molar-refractivity contribution < 1.29 is 23.0 Å². The summed E-state index contributed by atoms with van der Waals surface area (Å²) >= 11 is 0. The summed E-state index contributed by atoms with van der Waals surface area (Å²) in [5.74, 6) is 0.179. The van der Waals surface area contributed by atoms with Gasteiger partial charge in [0.05, 0.1) is 6.61 Å². The third-order valence-corrected chi connectivity index (χ3v) is 2.62. The largest absolute Gasteiger partial charge is 0.508 e. The lowest BCUT2D eigenvalue weighted by atomic mass is 10.0. The van der Waals surface area contributed by atoms with Crippen LogP contribution >= 0.6 is 0 Å². The zero-order valence-corrected chi connectivity index (χ0v) is 10.7. The fraction of sp³-hybridized carbons (Fsp3) is 0.538. The van der Waals surface area contributed by atoms with Crippen LogP contribution in [-0.2, 0) is 4.74 Å². The molecule has 108 valence electrons. The Balaban J connectivity index is 2.36. The number of phenolic OH excluding ortho intramolecular Hbond substituents is 1. The van der Waals surface area contributed by atoms with Crippen molar-refractivity contribution in [1.82, 2.24) is 5.32 Å². The summed E-state index contributed by atoms with van der Waals surface area (Å²) in [4.78, 5) is 0. The molecule has 2 N–H and O–H groups in total. The van der Waals surface area contributed by atoms with Crippen LogP contribution in [0.3, 0.4) is 0 Å². The molecule has 19 heavy (non-hydrogen) atoms. The van der Waals surface area contributed by atoms with Crippen molar-refractivity contribution >= 4 is 0 Å². The van der Waals surface area contributed by atoms with Gasteiger partial charge in [-0.1, -0.05) is 25.1 Å². The maximum absolute atomic E-state index is 11.8. The van der Waals surface area contributed by atoms with Crippen LogP contribution in [0.15, 0.2) is 24.3 Å². The van der Waals surface area contributed by atoms with Gasteiger partial charge in [-0.3, -0.25) is 0 Å². The number of hydrogen-bond acceptors (Lipinski definition) is 3. The Morgan fingerprint density at radius 2 is 2.00 bits per heavy atom. The fourth-order valence-corrected chi connectivity index (χ4v) is 1.75. The van der Waals surface area contributed by atoms with Crippen molar-refractivity contribution in [3.05, 3.63) is 29.8 Å². The number of hydrogen-bond donors (Lipinski definition) is 2. The van der Waals surface area contributed by atoms with Crippen molar-refractivity contribution in [2.75, 3.05) is 19.8 Å². The first-order valence-electron chi connectivity index (χ1n) is 6.10. The number of rotatable bonds is 7. The normalized spacial score (nSPS) is 13.5. The van der Waals surface area contributed by atoms with Gasteiger partial charge in [-0.15, -0.1) is 0 Å². The van der Waals surface area contributed by atoms with Crippen molar-refractivity contribution in [2.24, 2.45) is 0 Å². The smallest absolute Gasteiger partial charge is 0.411 e. The van der Waals surface area contributed by atoms with E-state index in [1.54, 1.807) is 24.3 Å². The zero-order valence-electron chi connectivity index (χ0n) is 10.7. The molecular formula is C13H18F3NO2. The van der Waals surface area contributed by atoms with E-state index in [1.165, 1.54) is 0 Å². The SMILES string of the molecule is CCC(NCCOCC(F)(F)F)c1ccccc1O. The van der Waals surface area contributed by atoms with Gasteiger partial charge in [0.1, 0.15) is 12.4 Å². The Kier molecular flexibility index (Phi) is 6.11. The molecule has 0 amide bonds. The molecule has 0 aliphatic rings. The Labute approximate surface area is 110 Å². The number of alkyl halides is 3. The summed E-state index contributed by atoms with van der Waals surface area (Å²) in [6.07, 6.45) is -3.57. The van der Waals surface area contributed by atoms with Gasteiger partial charge < -0.3 is 15.2 Å². The van der Waals surface area contributed by atoms with E-state index < -0.39 is 12.8 Å². The molecule has 0 saturated heterocycles. The second kappa shape index (κ2) is 7.35. The van der Waals surface area contributed by atoms with E-state index in [0.29, 0.717) is 6.54 Å². The summed E-state index contributed by atoms with van der Waals surface area (Å²) in [5, 5.41) is 12.8. The van der Waals surface area contributed by atoms with Crippen molar-refractivity contribution in [2.45, 2.75) is 25.6 Å². The van der Waals surface area contributed by atoms with Crippen LogP contribution in [0.1, 0.15) is 24.9 Å². The number of benzene rings is 1. The first kappa shape index (κ1) is 15.8. The molecule has 1 atom stereocenters. The minimum atomic E-state index is -4.29. The highest BCUT2D eigenvalue weighted by Gasteiger charge is 2.27. The zero-order chi connectivity index (χ0) is 14.3. The molecule has 6 heteroatoms. The predicted octanol–water partition coefficient (Wildman–Crippen LogP) is 3.01. The number of ether oxygens (including phenoxy) is 1. The number of nitrogens with one attached hydrogen (secondary N) is 1. The molecule has 1 rings (SSSR count). The maximum atomic E-state index is 11.8. The van der Waals surface area contributed by atoms with Gasteiger partial charge in [0.15, 0.2) is 0 Å². The Hall–Kier alpha value is -1.27. The summed E-state index contributed by atoms with van der Waals surface area (Å²) in [6, 6.07) is 6.79. The van der Waals surface area contributed by atoms with Crippen LogP contribution < -0.4 is 5.32 Å². The van der Waals surface area contributed by atoms with Crippen LogP contribution in [0.5, 0.6) is 5.75 Å². The highest BCUT2D eigenvalue weighted by Crippen LogP contribution is 2.25. The van der Waals surface area contributed by atoms with Gasteiger partial charge in [-0.05, 0) is 12.5 Å². The third kappa shape index (κ3) is 5.94. The van der Waals surface area contributed by atoms with E-state index in [0.717, 1.165) is 12.0 Å². The van der Waals surface area contributed by atoms with Crippen LogP contribution in [0, 0.1) is 0 Å². The summed E-state index contributed by atoms with van der Waals surface area (Å²) < 4.78 is 40.1. The van der Waals surface area contributed by atoms with E-state index in [4.69, 9.17) is 0 Å². The minimum Gasteiger partial charge on any atom is -0.508 e. The Morgan fingerprint density at radius 1 is 1.32 bits per heavy atom. The molecule has 0 spiro atoms. The summed E-state index contributed by atoms with van der Waals surface area (Å²) in [6.45, 7) is 0.968. The average molecular weight is 277 g/mol. The third-order valence-electron chi connectivity index (χ3n) is 2.62. The second-order valence-corrected chi connectivity index (χ2v) is 4.14. The monoisotopic (exact) mass is 277 g/mol. The molecule has 1 unspecified atom stereocenters. The minimum absolute atomic E-state index is 0.0242. The molecule has 0 aromatic heterocycles. The molecule has 1 aromatic carbocycles. The first-order valence-corrected chi connectivity index (χ1v) is 6.10. The molecule has 0 radical (unpaired) electrons. The van der Waals surface area contributed by atoms with Gasteiger partial charge in [0.2, 0.25) is 0 Å². The lowest BCUT2D eigenvalue weighted by Gasteiger charge is -2.18. The number of halogens is 3. The predicted molar refractivity (Wildman–Crippen MR) is 66.0 cm³/mol. The molecule has 0 aliphatic heterocycles. The number of aromatic hydroxyl groups is 1. The summed E-state index contributed by atoms with van der Waals surface area (Å²) in [7, 11) is 0. The molecule has 3 nitrogen and oxygen atoms in total. The average Bonchev–Trinajstić information content (AvgIpc) is 2.34. The van der Waals surface area contributed by atoms with Crippen LogP contribution in [0.25, 0.3) is 0 Å². The van der Waals surface area contributed by atoms with E-state index >= 15 is 0 Å². The van der Waals surface area contributed by atoms with E-state index in [-0.39, 0.29) is 18.4 Å². The quantitative estimate of drug-likeness (QED) is 0.753. The molecule has 1 aromatic rings. The maximum Gasteiger partial charge on any atom is 0.411 e. The lowest BCUT2D eigenvalue weighted by Crippen LogP contribution is -2.27. The Morgan fingerprint density at radius 3 is 2.58 bits per heavy atom. The van der Waals surface area contributed by atoms with Gasteiger partial charge in [-0.25, -0.2) is 0 Å². The van der Waals surface area contributed by atoms with Gasteiger partial charge in [0, 0.05) is 18.2 Å². The number of para-hydroxylation sites is 1. The standard InChI is InChI=1S/C13H18F3NO2/c1-2-11(10-5-3-4-6-12(10)18)17-7-8-19-9-13(14,15)16/h3-6,11,17-18H,2,7-9H2,1H3. The van der Waals surface area contributed by atoms with E-state index in [1.807, 2.05) is 6.92 Å². The fourth-order valence-electron chi connectivity index (χ4n) is 1.75. The molecule has 0 saturated carbocycles. The first-order chi connectivity index (χ1) is 8.94. The van der Waals surface area contributed by atoms with Gasteiger partial charge >= 0.3 is 6.18 Å². The van der Waals surface area contributed by atoms with E-state index in [9.17, 15) is 18.3 Å². The topological polar surface area (TPSA) is 41.5 Å².